The van der Waals surface area contributed by atoms with E-state index in [4.69, 9.17) is 10.3 Å². The summed E-state index contributed by atoms with van der Waals surface area (Å²) >= 11 is 1.29. The zero-order chi connectivity index (χ0) is 18.1. The van der Waals surface area contributed by atoms with Gasteiger partial charge in [-0.3, -0.25) is 4.79 Å². The maximum Gasteiger partial charge on any atom is 0.237 e. The van der Waals surface area contributed by atoms with Crippen molar-refractivity contribution in [1.82, 2.24) is 14.9 Å². The molecule has 0 spiro atoms. The minimum absolute atomic E-state index is 0.0474. The van der Waals surface area contributed by atoms with E-state index in [1.165, 1.54) is 22.0 Å². The average molecular weight is 369 g/mol. The van der Waals surface area contributed by atoms with Gasteiger partial charge in [0.15, 0.2) is 5.82 Å². The summed E-state index contributed by atoms with van der Waals surface area (Å²) < 4.78 is 6.69. The molecule has 1 aliphatic heterocycles. The second kappa shape index (κ2) is 6.87. The lowest BCUT2D eigenvalue weighted by molar-refractivity contribution is -0.116. The molecule has 0 saturated carbocycles. The molecule has 1 amide bonds. The molecular weight excluding hydrogens is 350 g/mol. The first-order valence-corrected chi connectivity index (χ1v) is 9.39. The van der Waals surface area contributed by atoms with Crippen LogP contribution in [0.15, 0.2) is 46.2 Å². The fourth-order valence-electron chi connectivity index (χ4n) is 3.17. The van der Waals surface area contributed by atoms with Crippen molar-refractivity contribution in [2.75, 3.05) is 23.0 Å². The maximum atomic E-state index is 12.7. The highest BCUT2D eigenvalue weighted by Gasteiger charge is 2.23. The van der Waals surface area contributed by atoms with Crippen molar-refractivity contribution >= 4 is 23.4 Å². The Morgan fingerprint density at radius 2 is 2.15 bits per heavy atom. The summed E-state index contributed by atoms with van der Waals surface area (Å²) in [6.07, 6.45) is 3.57. The molecule has 0 unspecified atom stereocenters. The van der Waals surface area contributed by atoms with Crippen LogP contribution < -0.4 is 10.7 Å². The summed E-state index contributed by atoms with van der Waals surface area (Å²) in [6, 6.07) is 9.86. The Bertz CT molecular complexity index is 949. The Hall–Kier alpha value is -2.74. The van der Waals surface area contributed by atoms with Crippen LogP contribution in [0.4, 0.5) is 5.69 Å². The molecular formula is C18H19N5O2S. The van der Waals surface area contributed by atoms with Gasteiger partial charge >= 0.3 is 0 Å². The molecule has 7 nitrogen and oxygen atoms in total. The van der Waals surface area contributed by atoms with Gasteiger partial charge in [0.25, 0.3) is 0 Å². The Morgan fingerprint density at radius 1 is 1.31 bits per heavy atom. The monoisotopic (exact) mass is 369 g/mol. The van der Waals surface area contributed by atoms with Crippen molar-refractivity contribution in [1.29, 1.82) is 0 Å². The van der Waals surface area contributed by atoms with Crippen LogP contribution in [0.5, 0.6) is 0 Å². The number of hydrogen-bond donors (Lipinski definition) is 1. The summed E-state index contributed by atoms with van der Waals surface area (Å²) in [5.41, 5.74) is 3.02. The molecule has 3 heterocycles. The van der Waals surface area contributed by atoms with Gasteiger partial charge in [-0.15, -0.1) is 10.2 Å². The molecule has 3 aromatic rings. The van der Waals surface area contributed by atoms with Gasteiger partial charge in [-0.1, -0.05) is 30.0 Å². The number of carbonyl (C=O) groups is 1. The normalized spacial score (nSPS) is 13.7. The Morgan fingerprint density at radius 3 is 2.96 bits per heavy atom. The van der Waals surface area contributed by atoms with E-state index in [9.17, 15) is 4.79 Å². The number of carbonyl (C=O) groups excluding carboxylic acids is 1. The van der Waals surface area contributed by atoms with Crippen molar-refractivity contribution in [2.45, 2.75) is 24.9 Å². The molecule has 134 valence electrons. The molecule has 0 fully saturated rings. The summed E-state index contributed by atoms with van der Waals surface area (Å²) in [5.74, 6) is 7.66. The minimum atomic E-state index is 0.0474. The van der Waals surface area contributed by atoms with Gasteiger partial charge in [0, 0.05) is 12.2 Å². The predicted molar refractivity (Wildman–Crippen MR) is 100 cm³/mol. The fraction of sp³-hybridized carbons (Fsp3) is 0.278. The van der Waals surface area contributed by atoms with Crippen LogP contribution >= 0.6 is 11.8 Å². The van der Waals surface area contributed by atoms with Crippen LogP contribution in [0, 0.1) is 6.92 Å². The second-order valence-electron chi connectivity index (χ2n) is 6.13. The first-order chi connectivity index (χ1) is 12.6. The van der Waals surface area contributed by atoms with Crippen molar-refractivity contribution in [3.63, 3.8) is 0 Å². The third-order valence-corrected chi connectivity index (χ3v) is 5.43. The summed E-state index contributed by atoms with van der Waals surface area (Å²) in [4.78, 5) is 14.6. The van der Waals surface area contributed by atoms with Crippen LogP contribution in [0.25, 0.3) is 11.4 Å². The zero-order valence-electron chi connectivity index (χ0n) is 14.4. The number of para-hydroxylation sites is 1. The molecule has 8 heteroatoms. The van der Waals surface area contributed by atoms with Crippen molar-refractivity contribution in [3.05, 3.63) is 47.9 Å². The molecule has 2 aromatic heterocycles. The largest absolute Gasteiger partial charge is 0.469 e. The van der Waals surface area contributed by atoms with E-state index in [-0.39, 0.29) is 11.7 Å². The first kappa shape index (κ1) is 16.7. The summed E-state index contributed by atoms with van der Waals surface area (Å²) in [7, 11) is 0. The van der Waals surface area contributed by atoms with Gasteiger partial charge in [-0.25, -0.2) is 4.68 Å². The minimum Gasteiger partial charge on any atom is -0.469 e. The van der Waals surface area contributed by atoms with E-state index in [0.717, 1.165) is 36.4 Å². The van der Waals surface area contributed by atoms with Gasteiger partial charge in [0.1, 0.15) is 5.76 Å². The number of aryl methyl sites for hydroxylation is 2. The van der Waals surface area contributed by atoms with E-state index in [2.05, 4.69) is 16.3 Å². The number of aromatic nitrogens is 3. The highest BCUT2D eigenvalue weighted by atomic mass is 32.2. The number of rotatable bonds is 4. The van der Waals surface area contributed by atoms with Gasteiger partial charge in [-0.05, 0) is 37.5 Å². The highest BCUT2D eigenvalue weighted by Crippen LogP contribution is 2.29. The SMILES string of the molecule is Cc1occc1-c1nnc(SCC(=O)N2CCCc3ccccc32)n1N. The topological polar surface area (TPSA) is 90.2 Å². The number of furan rings is 1. The molecule has 0 atom stereocenters. The van der Waals surface area contributed by atoms with E-state index in [0.29, 0.717) is 11.0 Å². The number of nitrogens with zero attached hydrogens (tertiary/aromatic N) is 4. The molecule has 1 aliphatic rings. The van der Waals surface area contributed by atoms with Gasteiger partial charge in [-0.2, -0.15) is 0 Å². The van der Waals surface area contributed by atoms with Gasteiger partial charge < -0.3 is 15.2 Å². The Labute approximate surface area is 155 Å². The molecule has 4 rings (SSSR count). The third-order valence-electron chi connectivity index (χ3n) is 4.50. The highest BCUT2D eigenvalue weighted by molar-refractivity contribution is 7.99. The van der Waals surface area contributed by atoms with Gasteiger partial charge in [0.05, 0.1) is 17.6 Å². The zero-order valence-corrected chi connectivity index (χ0v) is 15.2. The molecule has 1 aromatic carbocycles. The number of fused-ring (bicyclic) bond motifs is 1. The van der Waals surface area contributed by atoms with E-state index >= 15 is 0 Å². The van der Waals surface area contributed by atoms with Crippen molar-refractivity contribution in [3.8, 4) is 11.4 Å². The van der Waals surface area contributed by atoms with E-state index in [1.54, 1.807) is 12.3 Å². The lowest BCUT2D eigenvalue weighted by Crippen LogP contribution is -2.36. The molecule has 0 bridgehead atoms. The van der Waals surface area contributed by atoms with E-state index < -0.39 is 0 Å². The maximum absolute atomic E-state index is 12.7. The number of anilines is 1. The number of benzene rings is 1. The number of nitrogen functional groups attached to an aromatic ring is 1. The lowest BCUT2D eigenvalue weighted by Gasteiger charge is -2.29. The summed E-state index contributed by atoms with van der Waals surface area (Å²) in [6.45, 7) is 2.58. The first-order valence-electron chi connectivity index (χ1n) is 8.41. The Balaban J connectivity index is 1.48. The number of hydrogen-bond acceptors (Lipinski definition) is 6. The predicted octanol–water partition coefficient (Wildman–Crippen LogP) is 2.63. The van der Waals surface area contributed by atoms with Crippen LogP contribution in [0.3, 0.4) is 0 Å². The quantitative estimate of drug-likeness (QED) is 0.562. The molecule has 0 radical (unpaired) electrons. The van der Waals surface area contributed by atoms with Crippen LogP contribution in [-0.4, -0.2) is 33.1 Å². The summed E-state index contributed by atoms with van der Waals surface area (Å²) in [5, 5.41) is 8.74. The lowest BCUT2D eigenvalue weighted by atomic mass is 10.0. The number of thioether (sulfide) groups is 1. The van der Waals surface area contributed by atoms with E-state index in [1.807, 2.05) is 30.0 Å². The molecule has 26 heavy (non-hydrogen) atoms. The van der Waals surface area contributed by atoms with Crippen molar-refractivity contribution in [2.24, 2.45) is 0 Å². The second-order valence-corrected chi connectivity index (χ2v) is 7.08. The van der Waals surface area contributed by atoms with Crippen LogP contribution in [0.1, 0.15) is 17.7 Å². The number of amides is 1. The van der Waals surface area contributed by atoms with Gasteiger partial charge in [0.2, 0.25) is 11.1 Å². The average Bonchev–Trinajstić information content (AvgIpc) is 3.24. The third kappa shape index (κ3) is 2.96. The molecule has 0 aliphatic carbocycles. The van der Waals surface area contributed by atoms with Crippen molar-refractivity contribution < 1.29 is 9.21 Å². The van der Waals surface area contributed by atoms with Crippen LogP contribution in [0.2, 0.25) is 0 Å². The molecule has 0 saturated heterocycles. The number of nitrogens with two attached hydrogens (primary N) is 1. The standard InChI is InChI=1S/C18H19N5O2S/c1-12-14(8-10-25-12)17-20-21-18(23(17)19)26-11-16(24)22-9-4-6-13-5-2-3-7-15(13)22/h2-3,5,7-8,10H,4,6,9,11,19H2,1H3. The Kier molecular flexibility index (Phi) is 4.42. The fourth-order valence-corrected chi connectivity index (χ4v) is 3.91. The smallest absolute Gasteiger partial charge is 0.237 e. The van der Waals surface area contributed by atoms with Crippen LogP contribution in [-0.2, 0) is 11.2 Å². The molecule has 2 N–H and O–H groups in total.